The predicted octanol–water partition coefficient (Wildman–Crippen LogP) is 4.25. The third kappa shape index (κ3) is 3.31. The minimum absolute atomic E-state index is 0.215. The molecule has 3 aromatic heterocycles. The first-order valence-electron chi connectivity index (χ1n) is 8.19. The van der Waals surface area contributed by atoms with Gasteiger partial charge in [0, 0.05) is 17.7 Å². The Morgan fingerprint density at radius 1 is 1.11 bits per heavy atom. The number of nitrogens with zero attached hydrogens (tertiary/aromatic N) is 3. The summed E-state index contributed by atoms with van der Waals surface area (Å²) in [6, 6.07) is 7.35. The van der Waals surface area contributed by atoms with Gasteiger partial charge in [0.2, 0.25) is 5.88 Å². The number of thiophene rings is 1. The zero-order chi connectivity index (χ0) is 18.8. The Bertz CT molecular complexity index is 1090. The molecule has 3 heterocycles. The van der Waals surface area contributed by atoms with Gasteiger partial charge in [-0.2, -0.15) is 0 Å². The van der Waals surface area contributed by atoms with Crippen molar-refractivity contribution in [1.82, 2.24) is 15.1 Å². The van der Waals surface area contributed by atoms with Crippen LogP contribution >= 0.6 is 11.3 Å². The van der Waals surface area contributed by atoms with Crippen molar-refractivity contribution in [3.05, 3.63) is 47.3 Å². The number of aryl methyl sites for hydroxylation is 1. The number of hydrogen-bond donors (Lipinski definition) is 0. The topological polar surface area (TPSA) is 79.5 Å². The van der Waals surface area contributed by atoms with Gasteiger partial charge in [-0.25, -0.2) is 9.97 Å². The van der Waals surface area contributed by atoms with Crippen LogP contribution in [-0.4, -0.2) is 29.3 Å². The average Bonchev–Trinajstić information content (AvgIpc) is 3.33. The van der Waals surface area contributed by atoms with Crippen molar-refractivity contribution < 1.29 is 18.7 Å². The highest BCUT2D eigenvalue weighted by atomic mass is 32.1. The van der Waals surface area contributed by atoms with Crippen molar-refractivity contribution in [1.29, 1.82) is 0 Å². The molecule has 0 amide bonds. The molecule has 0 atom stereocenters. The predicted molar refractivity (Wildman–Crippen MR) is 102 cm³/mol. The average molecular weight is 383 g/mol. The first kappa shape index (κ1) is 17.3. The molecule has 1 aromatic carbocycles. The molecular formula is C19H17N3O4S. The Morgan fingerprint density at radius 2 is 2.00 bits per heavy atom. The molecule has 0 aliphatic rings. The van der Waals surface area contributed by atoms with E-state index in [9.17, 15) is 0 Å². The van der Waals surface area contributed by atoms with Gasteiger partial charge in [0.25, 0.3) is 0 Å². The number of benzene rings is 1. The first-order valence-corrected chi connectivity index (χ1v) is 9.07. The molecule has 0 saturated heterocycles. The lowest BCUT2D eigenvalue weighted by Crippen LogP contribution is -1.97. The van der Waals surface area contributed by atoms with Gasteiger partial charge in [0.05, 0.1) is 19.6 Å². The lowest BCUT2D eigenvalue weighted by Gasteiger charge is -2.07. The van der Waals surface area contributed by atoms with Crippen molar-refractivity contribution in [3.63, 3.8) is 0 Å². The summed E-state index contributed by atoms with van der Waals surface area (Å²) in [6.07, 6.45) is 1.50. The second-order valence-corrected chi connectivity index (χ2v) is 6.67. The molecule has 27 heavy (non-hydrogen) atoms. The fourth-order valence-electron chi connectivity index (χ4n) is 2.75. The summed E-state index contributed by atoms with van der Waals surface area (Å²) >= 11 is 1.57. The van der Waals surface area contributed by atoms with Gasteiger partial charge in [0.15, 0.2) is 12.4 Å². The second-order valence-electron chi connectivity index (χ2n) is 5.81. The molecule has 138 valence electrons. The minimum atomic E-state index is 0.215. The van der Waals surface area contributed by atoms with Gasteiger partial charge in [-0.3, -0.25) is 0 Å². The van der Waals surface area contributed by atoms with E-state index in [0.717, 1.165) is 21.3 Å². The largest absolute Gasteiger partial charge is 0.497 e. The fourth-order valence-corrected chi connectivity index (χ4v) is 3.63. The molecule has 8 heteroatoms. The molecule has 7 nitrogen and oxygen atoms in total. The van der Waals surface area contributed by atoms with Gasteiger partial charge in [0.1, 0.15) is 28.4 Å². The van der Waals surface area contributed by atoms with E-state index in [1.807, 2.05) is 30.5 Å². The van der Waals surface area contributed by atoms with Crippen molar-refractivity contribution in [2.75, 3.05) is 14.2 Å². The van der Waals surface area contributed by atoms with Crippen molar-refractivity contribution in [2.45, 2.75) is 13.5 Å². The molecule has 0 aliphatic carbocycles. The molecule has 4 rings (SSSR count). The van der Waals surface area contributed by atoms with Crippen LogP contribution in [0.15, 0.2) is 40.5 Å². The Morgan fingerprint density at radius 3 is 2.81 bits per heavy atom. The van der Waals surface area contributed by atoms with Crippen molar-refractivity contribution in [3.8, 4) is 28.6 Å². The molecule has 0 aliphatic heterocycles. The number of rotatable bonds is 6. The van der Waals surface area contributed by atoms with Gasteiger partial charge in [-0.1, -0.05) is 5.16 Å². The summed E-state index contributed by atoms with van der Waals surface area (Å²) in [5.74, 6) is 2.49. The molecule has 0 saturated carbocycles. The Hall–Kier alpha value is -3.13. The number of aromatic nitrogens is 3. The molecular weight excluding hydrogens is 366 g/mol. The maximum Gasteiger partial charge on any atom is 0.226 e. The van der Waals surface area contributed by atoms with Crippen molar-refractivity contribution >= 4 is 21.6 Å². The minimum Gasteiger partial charge on any atom is -0.497 e. The van der Waals surface area contributed by atoms with E-state index >= 15 is 0 Å². The SMILES string of the molecule is COc1ccc(-c2cc(COc3ncnc4scc(C)c34)on2)c(OC)c1. The quantitative estimate of drug-likeness (QED) is 0.492. The molecule has 0 spiro atoms. The van der Waals surface area contributed by atoms with Gasteiger partial charge in [-0.05, 0) is 30.0 Å². The van der Waals surface area contributed by atoms with Gasteiger partial charge < -0.3 is 18.7 Å². The Labute approximate surface area is 159 Å². The van der Waals surface area contributed by atoms with E-state index in [1.165, 1.54) is 6.33 Å². The first-order chi connectivity index (χ1) is 13.2. The molecule has 0 fully saturated rings. The van der Waals surface area contributed by atoms with Crippen LogP contribution in [0.1, 0.15) is 11.3 Å². The van der Waals surface area contributed by atoms with Crippen LogP contribution < -0.4 is 14.2 Å². The summed E-state index contributed by atoms with van der Waals surface area (Å²) < 4.78 is 21.9. The van der Waals surface area contributed by atoms with Crippen LogP contribution in [0.5, 0.6) is 17.4 Å². The fraction of sp³-hybridized carbons (Fsp3) is 0.211. The maximum atomic E-state index is 5.86. The molecule has 0 radical (unpaired) electrons. The Balaban J connectivity index is 1.56. The number of methoxy groups -OCH3 is 2. The monoisotopic (exact) mass is 383 g/mol. The highest BCUT2D eigenvalue weighted by Gasteiger charge is 2.15. The summed E-state index contributed by atoms with van der Waals surface area (Å²) in [5, 5.41) is 7.09. The van der Waals surface area contributed by atoms with Crippen LogP contribution in [-0.2, 0) is 6.61 Å². The Kier molecular flexibility index (Phi) is 4.64. The number of fused-ring (bicyclic) bond motifs is 1. The van der Waals surface area contributed by atoms with E-state index in [-0.39, 0.29) is 6.61 Å². The zero-order valence-electron chi connectivity index (χ0n) is 15.1. The van der Waals surface area contributed by atoms with E-state index in [2.05, 4.69) is 15.1 Å². The summed E-state index contributed by atoms with van der Waals surface area (Å²) in [7, 11) is 3.21. The van der Waals surface area contributed by atoms with Gasteiger partial charge >= 0.3 is 0 Å². The molecule has 4 aromatic rings. The van der Waals surface area contributed by atoms with E-state index in [0.29, 0.717) is 28.8 Å². The molecule has 0 bridgehead atoms. The summed E-state index contributed by atoms with van der Waals surface area (Å²) in [5.41, 5.74) is 2.56. The molecule has 0 N–H and O–H groups in total. The van der Waals surface area contributed by atoms with Crippen molar-refractivity contribution in [2.24, 2.45) is 0 Å². The normalized spacial score (nSPS) is 10.9. The number of hydrogen-bond acceptors (Lipinski definition) is 8. The standard InChI is InChI=1S/C19H17N3O4S/c1-11-9-27-19-17(11)18(20-10-21-19)25-8-13-6-15(22-26-13)14-5-4-12(23-2)7-16(14)24-3/h4-7,9-10H,8H2,1-3H3. The lowest BCUT2D eigenvalue weighted by atomic mass is 10.1. The maximum absolute atomic E-state index is 5.86. The third-order valence-electron chi connectivity index (χ3n) is 4.11. The van der Waals surface area contributed by atoms with Crippen LogP contribution in [0.3, 0.4) is 0 Å². The summed E-state index contributed by atoms with van der Waals surface area (Å²) in [6.45, 7) is 2.23. The van der Waals surface area contributed by atoms with Crippen LogP contribution in [0.25, 0.3) is 21.5 Å². The highest BCUT2D eigenvalue weighted by Crippen LogP contribution is 2.34. The number of ether oxygens (including phenoxy) is 3. The third-order valence-corrected chi connectivity index (χ3v) is 5.12. The van der Waals surface area contributed by atoms with E-state index in [1.54, 1.807) is 31.6 Å². The smallest absolute Gasteiger partial charge is 0.226 e. The highest BCUT2D eigenvalue weighted by molar-refractivity contribution is 7.17. The molecule has 0 unspecified atom stereocenters. The summed E-state index contributed by atoms with van der Waals surface area (Å²) in [4.78, 5) is 9.41. The second kappa shape index (κ2) is 7.24. The zero-order valence-corrected chi connectivity index (χ0v) is 15.9. The lowest BCUT2D eigenvalue weighted by molar-refractivity contribution is 0.244. The van der Waals surface area contributed by atoms with Gasteiger partial charge in [-0.15, -0.1) is 11.3 Å². The van der Waals surface area contributed by atoms with Crippen LogP contribution in [0.4, 0.5) is 0 Å². The van der Waals surface area contributed by atoms with Crippen LogP contribution in [0, 0.1) is 6.92 Å². The van der Waals surface area contributed by atoms with Crippen LogP contribution in [0.2, 0.25) is 0 Å². The van der Waals surface area contributed by atoms with E-state index < -0.39 is 0 Å². The van der Waals surface area contributed by atoms with E-state index in [4.69, 9.17) is 18.7 Å².